The van der Waals surface area contributed by atoms with Gasteiger partial charge in [-0.25, -0.2) is 9.18 Å². The molecule has 1 aliphatic rings. The normalized spacial score (nSPS) is 21.6. The van der Waals surface area contributed by atoms with Gasteiger partial charge in [0.2, 0.25) is 0 Å². The fourth-order valence-electron chi connectivity index (χ4n) is 2.68. The Labute approximate surface area is 145 Å². The summed E-state index contributed by atoms with van der Waals surface area (Å²) < 4.78 is 19.1. The van der Waals surface area contributed by atoms with E-state index >= 15 is 0 Å². The third-order valence-corrected chi connectivity index (χ3v) is 4.39. The molecule has 0 unspecified atom stereocenters. The molecule has 0 heterocycles. The van der Waals surface area contributed by atoms with Gasteiger partial charge in [-0.2, -0.15) is 0 Å². The van der Waals surface area contributed by atoms with E-state index in [0.717, 1.165) is 35.8 Å². The van der Waals surface area contributed by atoms with Gasteiger partial charge in [0.15, 0.2) is 0 Å². The van der Waals surface area contributed by atoms with Crippen LogP contribution < -0.4 is 10.6 Å². The average Bonchev–Trinajstić information content (AvgIpc) is 2.42. The van der Waals surface area contributed by atoms with E-state index in [1.165, 1.54) is 12.1 Å². The number of benzene rings is 1. The number of hydrogen-bond donors (Lipinski definition) is 2. The molecular weight excluding hydrogens is 363 g/mol. The van der Waals surface area contributed by atoms with Gasteiger partial charge >= 0.3 is 6.09 Å². The van der Waals surface area contributed by atoms with Gasteiger partial charge in [-0.05, 0) is 80.6 Å². The summed E-state index contributed by atoms with van der Waals surface area (Å²) >= 11 is 3.37. The highest BCUT2D eigenvalue weighted by Crippen LogP contribution is 2.28. The van der Waals surface area contributed by atoms with Gasteiger partial charge in [-0.1, -0.05) is 0 Å². The van der Waals surface area contributed by atoms with Crippen molar-refractivity contribution in [3.05, 3.63) is 28.5 Å². The molecule has 2 N–H and O–H groups in total. The minimum absolute atomic E-state index is 0.152. The Morgan fingerprint density at radius 1 is 1.22 bits per heavy atom. The highest BCUT2D eigenvalue weighted by Gasteiger charge is 2.25. The molecule has 6 heteroatoms. The first-order chi connectivity index (χ1) is 10.7. The first-order valence-corrected chi connectivity index (χ1v) is 8.73. The van der Waals surface area contributed by atoms with Crippen LogP contribution >= 0.6 is 15.9 Å². The summed E-state index contributed by atoms with van der Waals surface area (Å²) in [6.45, 7) is 5.57. The van der Waals surface area contributed by atoms with E-state index < -0.39 is 5.60 Å². The van der Waals surface area contributed by atoms with Crippen LogP contribution in [-0.4, -0.2) is 23.8 Å². The molecule has 0 saturated heterocycles. The lowest BCUT2D eigenvalue weighted by Crippen LogP contribution is -2.42. The quantitative estimate of drug-likeness (QED) is 0.781. The fourth-order valence-corrected chi connectivity index (χ4v) is 3.15. The van der Waals surface area contributed by atoms with Gasteiger partial charge in [0.25, 0.3) is 0 Å². The number of ether oxygens (including phenoxy) is 1. The summed E-state index contributed by atoms with van der Waals surface area (Å²) in [6, 6.07) is 5.12. The van der Waals surface area contributed by atoms with Crippen LogP contribution in [0.5, 0.6) is 0 Å². The maximum atomic E-state index is 13.1. The molecule has 128 valence electrons. The Morgan fingerprint density at radius 3 is 2.39 bits per heavy atom. The highest BCUT2D eigenvalue weighted by atomic mass is 79.9. The first kappa shape index (κ1) is 18.0. The molecule has 0 spiro atoms. The molecule has 1 amide bonds. The molecule has 0 aromatic heterocycles. The van der Waals surface area contributed by atoms with Gasteiger partial charge in [-0.15, -0.1) is 0 Å². The molecule has 1 aromatic rings. The molecule has 23 heavy (non-hydrogen) atoms. The van der Waals surface area contributed by atoms with Crippen LogP contribution in [-0.2, 0) is 4.74 Å². The molecule has 0 radical (unpaired) electrons. The lowest BCUT2D eigenvalue weighted by molar-refractivity contribution is 0.0492. The number of nitrogens with one attached hydrogen (secondary N) is 2. The van der Waals surface area contributed by atoms with Crippen molar-refractivity contribution in [3.8, 4) is 0 Å². The first-order valence-electron chi connectivity index (χ1n) is 7.94. The van der Waals surface area contributed by atoms with Crippen LogP contribution in [0.25, 0.3) is 0 Å². The predicted molar refractivity (Wildman–Crippen MR) is 93.1 cm³/mol. The van der Waals surface area contributed by atoms with Crippen molar-refractivity contribution in [3.63, 3.8) is 0 Å². The predicted octanol–water partition coefficient (Wildman–Crippen LogP) is 4.84. The van der Waals surface area contributed by atoms with Gasteiger partial charge in [0, 0.05) is 22.2 Å². The second-order valence-electron chi connectivity index (χ2n) is 6.96. The Kier molecular flexibility index (Phi) is 5.89. The van der Waals surface area contributed by atoms with E-state index in [1.807, 2.05) is 20.8 Å². The Bertz CT molecular complexity index is 552. The molecule has 1 fully saturated rings. The van der Waals surface area contributed by atoms with E-state index in [4.69, 9.17) is 4.74 Å². The lowest BCUT2D eigenvalue weighted by Gasteiger charge is -2.31. The monoisotopic (exact) mass is 386 g/mol. The molecule has 0 aliphatic heterocycles. The van der Waals surface area contributed by atoms with E-state index in [-0.39, 0.29) is 18.0 Å². The van der Waals surface area contributed by atoms with Crippen molar-refractivity contribution in [2.75, 3.05) is 5.32 Å². The van der Waals surface area contributed by atoms with E-state index in [1.54, 1.807) is 6.07 Å². The molecular formula is C17H24BrFN2O2. The second kappa shape index (κ2) is 7.51. The van der Waals surface area contributed by atoms with Gasteiger partial charge in [0.05, 0.1) is 0 Å². The summed E-state index contributed by atoms with van der Waals surface area (Å²) in [6.07, 6.45) is 3.34. The number of amides is 1. The van der Waals surface area contributed by atoms with Crippen molar-refractivity contribution < 1.29 is 13.9 Å². The van der Waals surface area contributed by atoms with Gasteiger partial charge in [-0.3, -0.25) is 0 Å². The van der Waals surface area contributed by atoms with Crippen LogP contribution in [0, 0.1) is 5.82 Å². The number of hydrogen-bond acceptors (Lipinski definition) is 3. The van der Waals surface area contributed by atoms with Crippen molar-refractivity contribution in [1.29, 1.82) is 0 Å². The van der Waals surface area contributed by atoms with Crippen LogP contribution in [0.3, 0.4) is 0 Å². The summed E-state index contributed by atoms with van der Waals surface area (Å²) in [5.41, 5.74) is 0.424. The van der Waals surface area contributed by atoms with E-state index in [9.17, 15) is 9.18 Å². The van der Waals surface area contributed by atoms with Gasteiger partial charge in [0.1, 0.15) is 11.4 Å². The molecule has 1 aliphatic carbocycles. The molecule has 4 nitrogen and oxygen atoms in total. The summed E-state index contributed by atoms with van der Waals surface area (Å²) in [5, 5.41) is 6.36. The lowest BCUT2D eigenvalue weighted by atomic mass is 9.91. The summed E-state index contributed by atoms with van der Waals surface area (Å²) in [7, 11) is 0. The number of halogens is 2. The summed E-state index contributed by atoms with van der Waals surface area (Å²) in [5.74, 6) is -0.257. The highest BCUT2D eigenvalue weighted by molar-refractivity contribution is 9.10. The smallest absolute Gasteiger partial charge is 0.407 e. The zero-order valence-corrected chi connectivity index (χ0v) is 15.4. The van der Waals surface area contributed by atoms with Gasteiger partial charge < -0.3 is 15.4 Å². The average molecular weight is 387 g/mol. The largest absolute Gasteiger partial charge is 0.444 e. The molecule has 0 atom stereocenters. The van der Waals surface area contributed by atoms with E-state index in [0.29, 0.717) is 6.04 Å². The maximum absolute atomic E-state index is 13.1. The third-order valence-electron chi connectivity index (χ3n) is 3.74. The van der Waals surface area contributed by atoms with Crippen LogP contribution in [0.1, 0.15) is 46.5 Å². The number of alkyl carbamates (subject to hydrolysis) is 1. The van der Waals surface area contributed by atoms with Crippen LogP contribution in [0.4, 0.5) is 14.9 Å². The van der Waals surface area contributed by atoms with Crippen molar-refractivity contribution in [2.45, 2.75) is 64.1 Å². The topological polar surface area (TPSA) is 50.4 Å². The molecule has 0 bridgehead atoms. The minimum atomic E-state index is -0.475. The number of rotatable bonds is 3. The van der Waals surface area contributed by atoms with Crippen molar-refractivity contribution in [2.24, 2.45) is 0 Å². The van der Waals surface area contributed by atoms with Crippen molar-refractivity contribution in [1.82, 2.24) is 5.32 Å². The minimum Gasteiger partial charge on any atom is -0.444 e. The summed E-state index contributed by atoms with van der Waals surface area (Å²) in [4.78, 5) is 11.8. The second-order valence-corrected chi connectivity index (χ2v) is 7.82. The van der Waals surface area contributed by atoms with E-state index in [2.05, 4.69) is 26.6 Å². The fraction of sp³-hybridized carbons (Fsp3) is 0.588. The Hall–Kier alpha value is -1.30. The number of carbonyl (C=O) groups is 1. The SMILES string of the molecule is CC(C)(C)OC(=O)NC1CCC(Nc2ccc(F)cc2Br)CC1. The zero-order chi connectivity index (χ0) is 17.0. The Balaban J connectivity index is 1.79. The third kappa shape index (κ3) is 6.01. The zero-order valence-electron chi connectivity index (χ0n) is 13.8. The Morgan fingerprint density at radius 2 is 1.83 bits per heavy atom. The standard InChI is InChI=1S/C17H24BrFN2O2/c1-17(2,3)23-16(22)21-13-7-5-12(6-8-13)20-15-9-4-11(19)10-14(15)18/h4,9-10,12-13,20H,5-8H2,1-3H3,(H,21,22). The number of carbonyl (C=O) groups excluding carboxylic acids is 1. The van der Waals surface area contributed by atoms with Crippen LogP contribution in [0.15, 0.2) is 22.7 Å². The molecule has 2 rings (SSSR count). The molecule has 1 aromatic carbocycles. The number of anilines is 1. The maximum Gasteiger partial charge on any atom is 0.407 e. The van der Waals surface area contributed by atoms with Crippen molar-refractivity contribution >= 4 is 27.7 Å². The molecule has 1 saturated carbocycles. The van der Waals surface area contributed by atoms with Crippen LogP contribution in [0.2, 0.25) is 0 Å².